The molecule has 0 spiro atoms. The zero-order chi connectivity index (χ0) is 32.4. The van der Waals surface area contributed by atoms with Gasteiger partial charge in [-0.15, -0.1) is 6.58 Å². The Morgan fingerprint density at radius 3 is 1.91 bits per heavy atom. The molecule has 2 amide bonds. The largest absolute Gasteiger partial charge is 0.480 e. The Morgan fingerprint density at radius 2 is 1.41 bits per heavy atom. The van der Waals surface area contributed by atoms with Crippen LogP contribution >= 0.6 is 0 Å². The minimum atomic E-state index is -1.07. The van der Waals surface area contributed by atoms with Crippen LogP contribution in [-0.2, 0) is 33.8 Å². The first-order valence-corrected chi connectivity index (χ1v) is 14.6. The number of amides is 2. The van der Waals surface area contributed by atoms with Crippen LogP contribution in [0.3, 0.4) is 0 Å². The third kappa shape index (κ3) is 14.5. The Labute approximate surface area is 260 Å². The number of hydrogen-bond acceptors (Lipinski definition) is 6. The van der Waals surface area contributed by atoms with Crippen molar-refractivity contribution in [2.75, 3.05) is 13.1 Å². The van der Waals surface area contributed by atoms with Crippen LogP contribution in [0.2, 0.25) is 0 Å². The molecule has 9 nitrogen and oxygen atoms in total. The fourth-order valence-electron chi connectivity index (χ4n) is 4.00. The number of benzene rings is 3. The number of carbonyl (C=O) groups excluding carboxylic acids is 2. The topological polar surface area (TPSA) is 117 Å². The standard InChI is InChI=1S/C18H22N2O2.C17H23NO4/c1-15(12-19-13-16-8-4-2-5-9-16)20-18(21)22-14-17-10-6-3-7-11-17;1-5-11-18(16(21)22-17(2,3)4)14(15(19)20)12-13-9-7-6-8-10-13/h2-11,15,19H,12-14H2,1H3,(H,20,21);5-10,14H,1,11-12H2,2-4H3,(H,19,20)/t15-;14-/m10/s1. The van der Waals surface area contributed by atoms with E-state index in [-0.39, 0.29) is 25.6 Å². The normalized spacial score (nSPS) is 12.0. The highest BCUT2D eigenvalue weighted by atomic mass is 16.6. The fraction of sp³-hybridized carbons (Fsp3) is 0.343. The summed E-state index contributed by atoms with van der Waals surface area (Å²) in [6.45, 7) is 12.6. The summed E-state index contributed by atoms with van der Waals surface area (Å²) in [5.41, 5.74) is 2.35. The molecule has 3 aromatic carbocycles. The Morgan fingerprint density at radius 1 is 0.886 bits per heavy atom. The number of carboxylic acids is 1. The van der Waals surface area contributed by atoms with Crippen molar-refractivity contribution in [1.29, 1.82) is 0 Å². The number of ether oxygens (including phenoxy) is 2. The quantitative estimate of drug-likeness (QED) is 0.199. The average molecular weight is 604 g/mol. The van der Waals surface area contributed by atoms with Crippen LogP contribution in [0.15, 0.2) is 104 Å². The van der Waals surface area contributed by atoms with E-state index in [0.29, 0.717) is 6.54 Å². The third-order valence-corrected chi connectivity index (χ3v) is 6.09. The first-order chi connectivity index (χ1) is 21.0. The summed E-state index contributed by atoms with van der Waals surface area (Å²) in [5, 5.41) is 15.6. The lowest BCUT2D eigenvalue weighted by molar-refractivity contribution is -0.143. The van der Waals surface area contributed by atoms with Crippen LogP contribution in [-0.4, -0.2) is 58.9 Å². The summed E-state index contributed by atoms with van der Waals surface area (Å²) in [4.78, 5) is 36.8. The number of hydrogen-bond donors (Lipinski definition) is 3. The van der Waals surface area contributed by atoms with E-state index in [1.54, 1.807) is 20.8 Å². The Kier molecular flexibility index (Phi) is 15.2. The lowest BCUT2D eigenvalue weighted by atomic mass is 10.0. The molecule has 3 rings (SSSR count). The number of nitrogens with zero attached hydrogens (tertiary/aromatic N) is 1. The predicted octanol–water partition coefficient (Wildman–Crippen LogP) is 6.20. The molecule has 236 valence electrons. The second-order valence-electron chi connectivity index (χ2n) is 11.2. The second-order valence-corrected chi connectivity index (χ2v) is 11.2. The number of alkyl carbamates (subject to hydrolysis) is 1. The van der Waals surface area contributed by atoms with Crippen molar-refractivity contribution in [2.45, 2.75) is 65.0 Å². The monoisotopic (exact) mass is 603 g/mol. The van der Waals surface area contributed by atoms with E-state index in [1.165, 1.54) is 16.5 Å². The van der Waals surface area contributed by atoms with E-state index in [1.807, 2.05) is 85.8 Å². The molecule has 0 fully saturated rings. The molecule has 0 aromatic heterocycles. The minimum Gasteiger partial charge on any atom is -0.480 e. The summed E-state index contributed by atoms with van der Waals surface area (Å²) in [7, 11) is 0. The summed E-state index contributed by atoms with van der Waals surface area (Å²) in [6.07, 6.45) is 0.655. The van der Waals surface area contributed by atoms with Gasteiger partial charge < -0.3 is 25.2 Å². The SMILES string of the molecule is C=CCN(C(=O)OC(C)(C)C)[C@@H](Cc1ccccc1)C(=O)O.C[C@H](CNCc1ccccc1)NC(=O)OCc1ccccc1. The Hall–Kier alpha value is -4.63. The van der Waals surface area contributed by atoms with Crippen molar-refractivity contribution in [3.8, 4) is 0 Å². The number of nitrogens with one attached hydrogen (secondary N) is 2. The highest BCUT2D eigenvalue weighted by Crippen LogP contribution is 2.15. The molecule has 3 aromatic rings. The highest BCUT2D eigenvalue weighted by Gasteiger charge is 2.32. The fourth-order valence-corrected chi connectivity index (χ4v) is 4.00. The lowest BCUT2D eigenvalue weighted by Crippen LogP contribution is -2.48. The smallest absolute Gasteiger partial charge is 0.411 e. The summed E-state index contributed by atoms with van der Waals surface area (Å²) in [5.74, 6) is -1.07. The maximum Gasteiger partial charge on any atom is 0.411 e. The molecule has 0 aliphatic heterocycles. The second kappa shape index (κ2) is 18.8. The van der Waals surface area contributed by atoms with Gasteiger partial charge in [-0.25, -0.2) is 14.4 Å². The highest BCUT2D eigenvalue weighted by molar-refractivity contribution is 5.80. The predicted molar refractivity (Wildman–Crippen MR) is 172 cm³/mol. The van der Waals surface area contributed by atoms with Gasteiger partial charge in [0.15, 0.2) is 0 Å². The van der Waals surface area contributed by atoms with Gasteiger partial charge in [-0.3, -0.25) is 4.90 Å². The molecule has 3 N–H and O–H groups in total. The van der Waals surface area contributed by atoms with E-state index in [0.717, 1.165) is 17.7 Å². The summed E-state index contributed by atoms with van der Waals surface area (Å²) >= 11 is 0. The average Bonchev–Trinajstić information content (AvgIpc) is 2.99. The molecule has 0 heterocycles. The Bertz CT molecular complexity index is 1280. The van der Waals surface area contributed by atoms with Crippen LogP contribution in [0.5, 0.6) is 0 Å². The number of carboxylic acid groups (broad SMARTS) is 1. The van der Waals surface area contributed by atoms with Crippen LogP contribution in [0.4, 0.5) is 9.59 Å². The molecule has 0 aliphatic carbocycles. The van der Waals surface area contributed by atoms with Crippen molar-refractivity contribution >= 4 is 18.2 Å². The molecule has 0 saturated carbocycles. The van der Waals surface area contributed by atoms with Gasteiger partial charge in [0.05, 0.1) is 0 Å². The zero-order valence-electron chi connectivity index (χ0n) is 26.1. The molecular formula is C35H45N3O6. The third-order valence-electron chi connectivity index (χ3n) is 6.09. The van der Waals surface area contributed by atoms with E-state index in [4.69, 9.17) is 9.47 Å². The number of carbonyl (C=O) groups is 3. The molecule has 0 bridgehead atoms. The van der Waals surface area contributed by atoms with Gasteiger partial charge in [0.1, 0.15) is 18.2 Å². The van der Waals surface area contributed by atoms with Gasteiger partial charge in [-0.2, -0.15) is 0 Å². The molecule has 0 aliphatic rings. The molecule has 2 atom stereocenters. The van der Waals surface area contributed by atoms with Gasteiger partial charge >= 0.3 is 18.2 Å². The van der Waals surface area contributed by atoms with Gasteiger partial charge in [0, 0.05) is 32.1 Å². The van der Waals surface area contributed by atoms with E-state index < -0.39 is 29.8 Å². The van der Waals surface area contributed by atoms with E-state index in [2.05, 4.69) is 29.3 Å². The van der Waals surface area contributed by atoms with Crippen molar-refractivity contribution in [3.05, 3.63) is 120 Å². The number of rotatable bonds is 13. The van der Waals surface area contributed by atoms with Crippen LogP contribution in [0.1, 0.15) is 44.4 Å². The van der Waals surface area contributed by atoms with Crippen molar-refractivity contribution < 1.29 is 29.0 Å². The summed E-state index contributed by atoms with van der Waals surface area (Å²) < 4.78 is 10.5. The van der Waals surface area contributed by atoms with Crippen molar-refractivity contribution in [2.24, 2.45) is 0 Å². The number of aliphatic carboxylic acids is 1. The first-order valence-electron chi connectivity index (χ1n) is 14.6. The van der Waals surface area contributed by atoms with Crippen molar-refractivity contribution in [3.63, 3.8) is 0 Å². The van der Waals surface area contributed by atoms with E-state index >= 15 is 0 Å². The van der Waals surface area contributed by atoms with Crippen LogP contribution in [0, 0.1) is 0 Å². The summed E-state index contributed by atoms with van der Waals surface area (Å²) in [6, 6.07) is 28.0. The Balaban J connectivity index is 0.000000307. The molecule has 0 radical (unpaired) electrons. The maximum atomic E-state index is 12.3. The molecular weight excluding hydrogens is 558 g/mol. The molecule has 0 unspecified atom stereocenters. The molecule has 9 heteroatoms. The molecule has 0 saturated heterocycles. The molecule has 44 heavy (non-hydrogen) atoms. The van der Waals surface area contributed by atoms with Crippen LogP contribution < -0.4 is 10.6 Å². The van der Waals surface area contributed by atoms with Gasteiger partial charge in [-0.05, 0) is 44.4 Å². The van der Waals surface area contributed by atoms with E-state index in [9.17, 15) is 19.5 Å². The van der Waals surface area contributed by atoms with Gasteiger partial charge in [-0.1, -0.05) is 97.1 Å². The van der Waals surface area contributed by atoms with Crippen LogP contribution in [0.25, 0.3) is 0 Å². The lowest BCUT2D eigenvalue weighted by Gasteiger charge is -2.30. The maximum absolute atomic E-state index is 12.3. The zero-order valence-corrected chi connectivity index (χ0v) is 26.1. The minimum absolute atomic E-state index is 0.00647. The van der Waals surface area contributed by atoms with Gasteiger partial charge in [0.2, 0.25) is 0 Å². The van der Waals surface area contributed by atoms with Crippen molar-refractivity contribution in [1.82, 2.24) is 15.5 Å². The van der Waals surface area contributed by atoms with Gasteiger partial charge in [0.25, 0.3) is 0 Å². The first kappa shape index (κ1) is 35.6.